The van der Waals surface area contributed by atoms with Crippen molar-refractivity contribution in [3.8, 4) is 11.5 Å². The van der Waals surface area contributed by atoms with Gasteiger partial charge in [0.25, 0.3) is 5.91 Å². The summed E-state index contributed by atoms with van der Waals surface area (Å²) < 4.78 is 10.4. The molecular formula is C16H14N2O3S. The number of thioether (sulfide) groups is 1. The second-order valence-electron chi connectivity index (χ2n) is 4.54. The topological polar surface area (TPSA) is 59.9 Å². The van der Waals surface area contributed by atoms with Crippen LogP contribution in [0, 0.1) is 0 Å². The van der Waals surface area contributed by atoms with E-state index in [2.05, 4.69) is 10.5 Å². The molecule has 0 saturated heterocycles. The maximum Gasteiger partial charge on any atom is 0.271 e. The highest BCUT2D eigenvalue weighted by Crippen LogP contribution is 2.32. The number of nitrogens with zero attached hydrogens (tertiary/aromatic N) is 1. The molecule has 0 bridgehead atoms. The second-order valence-corrected chi connectivity index (χ2v) is 5.42. The van der Waals surface area contributed by atoms with E-state index in [1.807, 2.05) is 30.5 Å². The van der Waals surface area contributed by atoms with Crippen molar-refractivity contribution >= 4 is 23.9 Å². The summed E-state index contributed by atoms with van der Waals surface area (Å²) in [5, 5.41) is 3.96. The normalized spacial score (nSPS) is 12.6. The minimum atomic E-state index is -0.296. The highest BCUT2D eigenvalue weighted by molar-refractivity contribution is 7.98. The molecule has 2 aromatic carbocycles. The molecule has 0 atom stereocenters. The molecule has 3 rings (SSSR count). The molecule has 1 aliphatic rings. The maximum atomic E-state index is 12.0. The predicted octanol–water partition coefficient (Wildman–Crippen LogP) is 2.90. The van der Waals surface area contributed by atoms with Gasteiger partial charge in [-0.1, -0.05) is 12.1 Å². The molecule has 6 heteroatoms. The van der Waals surface area contributed by atoms with Crippen LogP contribution in [0.25, 0.3) is 0 Å². The van der Waals surface area contributed by atoms with Gasteiger partial charge in [0.2, 0.25) is 6.79 Å². The van der Waals surface area contributed by atoms with Gasteiger partial charge in [-0.05, 0) is 42.2 Å². The van der Waals surface area contributed by atoms with Crippen molar-refractivity contribution < 1.29 is 14.3 Å². The van der Waals surface area contributed by atoms with E-state index in [0.29, 0.717) is 17.1 Å². The Morgan fingerprint density at radius 1 is 1.18 bits per heavy atom. The molecule has 1 heterocycles. The fourth-order valence-corrected chi connectivity index (χ4v) is 2.37. The van der Waals surface area contributed by atoms with Gasteiger partial charge in [-0.25, -0.2) is 5.43 Å². The van der Waals surface area contributed by atoms with Crippen LogP contribution in [-0.4, -0.2) is 25.2 Å². The Morgan fingerprint density at radius 3 is 2.73 bits per heavy atom. The van der Waals surface area contributed by atoms with Crippen LogP contribution < -0.4 is 14.9 Å². The average molecular weight is 314 g/mol. The number of amides is 1. The molecule has 1 aliphatic heterocycles. The van der Waals surface area contributed by atoms with Gasteiger partial charge >= 0.3 is 0 Å². The first-order valence-corrected chi connectivity index (χ1v) is 7.86. The molecule has 112 valence electrons. The first kappa shape index (κ1) is 14.5. The number of nitrogens with one attached hydrogen (secondary N) is 1. The number of rotatable bonds is 4. The van der Waals surface area contributed by atoms with Crippen molar-refractivity contribution in [3.63, 3.8) is 0 Å². The largest absolute Gasteiger partial charge is 0.454 e. The van der Waals surface area contributed by atoms with Crippen LogP contribution in [0.2, 0.25) is 0 Å². The standard InChI is InChI=1S/C16H14N2O3S/c1-22-13-5-2-11(3-6-13)9-17-18-16(19)12-4-7-14-15(8-12)21-10-20-14/h2-9H,10H2,1H3,(H,18,19)/b17-9+. The molecule has 0 radical (unpaired) electrons. The Balaban J connectivity index is 1.62. The lowest BCUT2D eigenvalue weighted by atomic mass is 10.2. The number of ether oxygens (including phenoxy) is 2. The molecule has 0 aliphatic carbocycles. The lowest BCUT2D eigenvalue weighted by Gasteiger charge is -2.01. The van der Waals surface area contributed by atoms with Crippen molar-refractivity contribution in [1.82, 2.24) is 5.43 Å². The average Bonchev–Trinajstić information content (AvgIpc) is 3.03. The van der Waals surface area contributed by atoms with E-state index in [-0.39, 0.29) is 12.7 Å². The second kappa shape index (κ2) is 6.53. The van der Waals surface area contributed by atoms with Crippen molar-refractivity contribution in [1.29, 1.82) is 0 Å². The first-order chi connectivity index (χ1) is 10.8. The number of hydrogen-bond donors (Lipinski definition) is 1. The van der Waals surface area contributed by atoms with Gasteiger partial charge in [-0.3, -0.25) is 4.79 Å². The van der Waals surface area contributed by atoms with E-state index >= 15 is 0 Å². The summed E-state index contributed by atoms with van der Waals surface area (Å²) in [5.74, 6) is 0.925. The van der Waals surface area contributed by atoms with Crippen LogP contribution in [0.3, 0.4) is 0 Å². The highest BCUT2D eigenvalue weighted by atomic mass is 32.2. The molecule has 2 aromatic rings. The van der Waals surface area contributed by atoms with E-state index in [4.69, 9.17) is 9.47 Å². The van der Waals surface area contributed by atoms with Crippen molar-refractivity contribution in [2.75, 3.05) is 13.0 Å². The Labute approximate surface area is 132 Å². The number of carbonyl (C=O) groups excluding carboxylic acids is 1. The quantitative estimate of drug-likeness (QED) is 0.535. The first-order valence-electron chi connectivity index (χ1n) is 6.63. The van der Waals surface area contributed by atoms with Crippen molar-refractivity contribution in [2.45, 2.75) is 4.90 Å². The van der Waals surface area contributed by atoms with Crippen LogP contribution in [0.15, 0.2) is 52.5 Å². The van der Waals surface area contributed by atoms with Gasteiger partial charge in [0.15, 0.2) is 11.5 Å². The number of benzene rings is 2. The third-order valence-corrected chi connectivity index (χ3v) is 3.87. The number of hydrazone groups is 1. The van der Waals surface area contributed by atoms with E-state index in [9.17, 15) is 4.79 Å². The van der Waals surface area contributed by atoms with Crippen LogP contribution >= 0.6 is 11.8 Å². The number of fused-ring (bicyclic) bond motifs is 1. The minimum absolute atomic E-state index is 0.185. The third kappa shape index (κ3) is 3.23. The lowest BCUT2D eigenvalue weighted by molar-refractivity contribution is 0.0954. The molecule has 0 saturated carbocycles. The lowest BCUT2D eigenvalue weighted by Crippen LogP contribution is -2.17. The molecule has 1 N–H and O–H groups in total. The monoisotopic (exact) mass is 314 g/mol. The zero-order valence-corrected chi connectivity index (χ0v) is 12.7. The predicted molar refractivity (Wildman–Crippen MR) is 85.8 cm³/mol. The number of carbonyl (C=O) groups is 1. The molecule has 1 amide bonds. The Hall–Kier alpha value is -2.47. The summed E-state index contributed by atoms with van der Waals surface area (Å²) in [4.78, 5) is 13.2. The fourth-order valence-electron chi connectivity index (χ4n) is 1.96. The summed E-state index contributed by atoms with van der Waals surface area (Å²) in [6.07, 6.45) is 3.63. The SMILES string of the molecule is CSc1ccc(/C=N/NC(=O)c2ccc3c(c2)OCO3)cc1. The highest BCUT2D eigenvalue weighted by Gasteiger charge is 2.15. The van der Waals surface area contributed by atoms with Gasteiger partial charge in [-0.2, -0.15) is 5.10 Å². The van der Waals surface area contributed by atoms with Gasteiger partial charge in [-0.15, -0.1) is 11.8 Å². The fraction of sp³-hybridized carbons (Fsp3) is 0.125. The Kier molecular flexibility index (Phi) is 4.29. The summed E-state index contributed by atoms with van der Waals surface area (Å²) in [7, 11) is 0. The Bertz CT molecular complexity index is 714. The zero-order valence-electron chi connectivity index (χ0n) is 11.9. The van der Waals surface area contributed by atoms with E-state index in [1.54, 1.807) is 36.2 Å². The van der Waals surface area contributed by atoms with E-state index in [0.717, 1.165) is 5.56 Å². The van der Waals surface area contributed by atoms with Crippen LogP contribution in [0.5, 0.6) is 11.5 Å². The molecule has 0 unspecified atom stereocenters. The van der Waals surface area contributed by atoms with Crippen molar-refractivity contribution in [2.24, 2.45) is 5.10 Å². The molecule has 5 nitrogen and oxygen atoms in total. The van der Waals surface area contributed by atoms with Crippen LogP contribution in [-0.2, 0) is 0 Å². The van der Waals surface area contributed by atoms with Gasteiger partial charge in [0, 0.05) is 10.5 Å². The van der Waals surface area contributed by atoms with Gasteiger partial charge in [0.05, 0.1) is 6.21 Å². The van der Waals surface area contributed by atoms with E-state index < -0.39 is 0 Å². The summed E-state index contributed by atoms with van der Waals surface area (Å²) >= 11 is 1.68. The molecular weight excluding hydrogens is 300 g/mol. The van der Waals surface area contributed by atoms with Gasteiger partial charge in [0.1, 0.15) is 0 Å². The smallest absolute Gasteiger partial charge is 0.271 e. The number of hydrogen-bond acceptors (Lipinski definition) is 5. The molecule has 22 heavy (non-hydrogen) atoms. The molecule has 0 fully saturated rings. The van der Waals surface area contributed by atoms with Crippen LogP contribution in [0.4, 0.5) is 0 Å². The molecule has 0 spiro atoms. The minimum Gasteiger partial charge on any atom is -0.454 e. The Morgan fingerprint density at radius 2 is 1.95 bits per heavy atom. The zero-order chi connectivity index (χ0) is 15.4. The van der Waals surface area contributed by atoms with Crippen LogP contribution in [0.1, 0.15) is 15.9 Å². The summed E-state index contributed by atoms with van der Waals surface area (Å²) in [6, 6.07) is 12.9. The van der Waals surface area contributed by atoms with E-state index in [1.165, 1.54) is 4.90 Å². The third-order valence-electron chi connectivity index (χ3n) is 3.13. The summed E-state index contributed by atoms with van der Waals surface area (Å²) in [6.45, 7) is 0.185. The maximum absolute atomic E-state index is 12.0. The summed E-state index contributed by atoms with van der Waals surface area (Å²) in [5.41, 5.74) is 3.89. The molecule has 0 aromatic heterocycles. The van der Waals surface area contributed by atoms with Gasteiger partial charge < -0.3 is 9.47 Å². The van der Waals surface area contributed by atoms with Crippen molar-refractivity contribution in [3.05, 3.63) is 53.6 Å².